The van der Waals surface area contributed by atoms with Crippen LogP contribution in [0.1, 0.15) is 31.4 Å². The first-order valence-corrected chi connectivity index (χ1v) is 7.12. The first kappa shape index (κ1) is 15.1. The Labute approximate surface area is 115 Å². The number of benzene rings is 1. The Morgan fingerprint density at radius 1 is 1.44 bits per heavy atom. The van der Waals surface area contributed by atoms with Crippen molar-refractivity contribution >= 4 is 11.8 Å². The van der Waals surface area contributed by atoms with Crippen molar-refractivity contribution < 1.29 is 0 Å². The topological polar surface area (TPSA) is 35.8 Å². The molecule has 0 bridgehead atoms. The van der Waals surface area contributed by atoms with Gasteiger partial charge in [-0.2, -0.15) is 5.26 Å². The van der Waals surface area contributed by atoms with Crippen LogP contribution in [0.5, 0.6) is 0 Å². The normalized spacial score (nSPS) is 15.8. The molecular formula is C15H22N2S. The van der Waals surface area contributed by atoms with Crippen LogP contribution >= 0.6 is 11.8 Å². The maximum atomic E-state index is 9.17. The Morgan fingerprint density at radius 2 is 2.11 bits per heavy atom. The Kier molecular flexibility index (Phi) is 5.25. The fourth-order valence-corrected chi connectivity index (χ4v) is 3.21. The van der Waals surface area contributed by atoms with E-state index in [2.05, 4.69) is 50.4 Å². The third-order valence-electron chi connectivity index (χ3n) is 3.15. The van der Waals surface area contributed by atoms with Gasteiger partial charge in [0.1, 0.15) is 5.54 Å². The van der Waals surface area contributed by atoms with E-state index < -0.39 is 5.54 Å². The SMILES string of the molecule is CNC(C)(C#N)CC(C)Sc1ccc(C)cc1C. The maximum Gasteiger partial charge on any atom is 0.104 e. The molecule has 2 unspecified atom stereocenters. The zero-order valence-electron chi connectivity index (χ0n) is 11.9. The van der Waals surface area contributed by atoms with Gasteiger partial charge in [-0.3, -0.25) is 0 Å². The lowest BCUT2D eigenvalue weighted by Crippen LogP contribution is -2.40. The summed E-state index contributed by atoms with van der Waals surface area (Å²) in [6.07, 6.45) is 0.831. The van der Waals surface area contributed by atoms with E-state index in [-0.39, 0.29) is 0 Å². The van der Waals surface area contributed by atoms with Crippen LogP contribution in [0.3, 0.4) is 0 Å². The van der Waals surface area contributed by atoms with Gasteiger partial charge in [0.05, 0.1) is 6.07 Å². The molecule has 0 spiro atoms. The standard InChI is InChI=1S/C15H22N2S/c1-11-6-7-14(12(2)8-11)18-13(3)9-15(4,10-16)17-5/h6-8,13,17H,9H2,1-5H3. The molecule has 2 atom stereocenters. The Bertz CT molecular complexity index is 450. The quantitative estimate of drug-likeness (QED) is 0.822. The van der Waals surface area contributed by atoms with Crippen LogP contribution in [0.25, 0.3) is 0 Å². The van der Waals surface area contributed by atoms with Crippen LogP contribution in [0.2, 0.25) is 0 Å². The molecule has 1 aromatic rings. The summed E-state index contributed by atoms with van der Waals surface area (Å²) >= 11 is 1.85. The summed E-state index contributed by atoms with van der Waals surface area (Å²) in [5, 5.41) is 12.7. The molecule has 18 heavy (non-hydrogen) atoms. The molecule has 1 aromatic carbocycles. The number of rotatable bonds is 5. The van der Waals surface area contributed by atoms with Crippen molar-refractivity contribution in [3.8, 4) is 6.07 Å². The van der Waals surface area contributed by atoms with Gasteiger partial charge in [0, 0.05) is 10.1 Å². The Balaban J connectivity index is 2.71. The molecule has 0 saturated carbocycles. The van der Waals surface area contributed by atoms with Crippen molar-refractivity contribution in [2.75, 3.05) is 7.05 Å². The van der Waals surface area contributed by atoms with E-state index in [4.69, 9.17) is 5.26 Å². The highest BCUT2D eigenvalue weighted by Gasteiger charge is 2.24. The molecule has 0 aliphatic carbocycles. The van der Waals surface area contributed by atoms with E-state index in [0.717, 1.165) is 6.42 Å². The summed E-state index contributed by atoms with van der Waals surface area (Å²) in [4.78, 5) is 1.31. The van der Waals surface area contributed by atoms with Gasteiger partial charge in [-0.05, 0) is 45.9 Å². The third kappa shape index (κ3) is 4.04. The number of nitrogens with one attached hydrogen (secondary N) is 1. The molecule has 0 aliphatic rings. The zero-order chi connectivity index (χ0) is 13.8. The van der Waals surface area contributed by atoms with Crippen LogP contribution in [-0.4, -0.2) is 17.8 Å². The summed E-state index contributed by atoms with van der Waals surface area (Å²) in [7, 11) is 1.84. The predicted octanol–water partition coefficient (Wildman–Crippen LogP) is 3.68. The summed E-state index contributed by atoms with van der Waals surface area (Å²) in [5.41, 5.74) is 2.17. The van der Waals surface area contributed by atoms with Crippen LogP contribution in [0.15, 0.2) is 23.1 Å². The fraction of sp³-hybridized carbons (Fsp3) is 0.533. The molecular weight excluding hydrogens is 240 g/mol. The van der Waals surface area contributed by atoms with E-state index in [9.17, 15) is 0 Å². The third-order valence-corrected chi connectivity index (χ3v) is 4.43. The molecule has 98 valence electrons. The minimum Gasteiger partial charge on any atom is -0.303 e. The highest BCUT2D eigenvalue weighted by Crippen LogP contribution is 2.31. The lowest BCUT2D eigenvalue weighted by molar-refractivity contribution is 0.455. The largest absolute Gasteiger partial charge is 0.303 e. The van der Waals surface area contributed by atoms with Crippen molar-refractivity contribution in [3.63, 3.8) is 0 Å². The second kappa shape index (κ2) is 6.26. The molecule has 0 fully saturated rings. The van der Waals surface area contributed by atoms with Gasteiger partial charge in [-0.1, -0.05) is 24.6 Å². The van der Waals surface area contributed by atoms with Gasteiger partial charge in [-0.15, -0.1) is 11.8 Å². The maximum absolute atomic E-state index is 9.17. The van der Waals surface area contributed by atoms with Crippen molar-refractivity contribution in [2.45, 2.75) is 49.8 Å². The zero-order valence-corrected chi connectivity index (χ0v) is 12.7. The minimum atomic E-state index is -0.439. The molecule has 1 rings (SSSR count). The summed E-state index contributed by atoms with van der Waals surface area (Å²) in [6.45, 7) is 8.38. The molecule has 0 radical (unpaired) electrons. The molecule has 0 heterocycles. The van der Waals surface area contributed by atoms with Crippen LogP contribution in [-0.2, 0) is 0 Å². The molecule has 0 aromatic heterocycles. The molecule has 0 saturated heterocycles. The van der Waals surface area contributed by atoms with Gasteiger partial charge in [0.2, 0.25) is 0 Å². The molecule has 1 N–H and O–H groups in total. The number of nitrogens with zero attached hydrogens (tertiary/aromatic N) is 1. The number of hydrogen-bond donors (Lipinski definition) is 1. The molecule has 2 nitrogen and oxygen atoms in total. The van der Waals surface area contributed by atoms with E-state index in [1.807, 2.05) is 25.7 Å². The number of nitriles is 1. The Hall–Kier alpha value is -0.980. The highest BCUT2D eigenvalue weighted by molar-refractivity contribution is 8.00. The van der Waals surface area contributed by atoms with Crippen molar-refractivity contribution in [1.82, 2.24) is 5.32 Å². The lowest BCUT2D eigenvalue weighted by Gasteiger charge is -2.24. The monoisotopic (exact) mass is 262 g/mol. The van der Waals surface area contributed by atoms with Gasteiger partial charge >= 0.3 is 0 Å². The summed E-state index contributed by atoms with van der Waals surface area (Å²) in [5.74, 6) is 0. The van der Waals surface area contributed by atoms with Crippen LogP contribution in [0.4, 0.5) is 0 Å². The average molecular weight is 262 g/mol. The van der Waals surface area contributed by atoms with E-state index in [1.165, 1.54) is 16.0 Å². The molecule has 0 amide bonds. The van der Waals surface area contributed by atoms with Crippen molar-refractivity contribution in [2.24, 2.45) is 0 Å². The van der Waals surface area contributed by atoms with Crippen molar-refractivity contribution in [3.05, 3.63) is 29.3 Å². The number of hydrogen-bond acceptors (Lipinski definition) is 3. The second-order valence-corrected chi connectivity index (χ2v) is 6.58. The van der Waals surface area contributed by atoms with Crippen LogP contribution in [0, 0.1) is 25.2 Å². The average Bonchev–Trinajstić information content (AvgIpc) is 2.32. The van der Waals surface area contributed by atoms with E-state index >= 15 is 0 Å². The number of aryl methyl sites for hydroxylation is 2. The van der Waals surface area contributed by atoms with Gasteiger partial charge in [-0.25, -0.2) is 0 Å². The summed E-state index contributed by atoms with van der Waals surface area (Å²) < 4.78 is 0. The number of thioether (sulfide) groups is 1. The predicted molar refractivity (Wildman–Crippen MR) is 78.9 cm³/mol. The van der Waals surface area contributed by atoms with Gasteiger partial charge in [0.15, 0.2) is 0 Å². The molecule has 0 aliphatic heterocycles. The smallest absolute Gasteiger partial charge is 0.104 e. The van der Waals surface area contributed by atoms with Crippen molar-refractivity contribution in [1.29, 1.82) is 5.26 Å². The molecule has 3 heteroatoms. The fourth-order valence-electron chi connectivity index (χ4n) is 1.97. The lowest BCUT2D eigenvalue weighted by atomic mass is 9.98. The minimum absolute atomic E-state index is 0.406. The Morgan fingerprint density at radius 3 is 2.61 bits per heavy atom. The second-order valence-electron chi connectivity index (χ2n) is 5.10. The van der Waals surface area contributed by atoms with E-state index in [1.54, 1.807) is 0 Å². The first-order chi connectivity index (χ1) is 8.40. The van der Waals surface area contributed by atoms with Gasteiger partial charge < -0.3 is 5.32 Å². The van der Waals surface area contributed by atoms with E-state index in [0.29, 0.717) is 5.25 Å². The first-order valence-electron chi connectivity index (χ1n) is 6.24. The van der Waals surface area contributed by atoms with Gasteiger partial charge in [0.25, 0.3) is 0 Å². The highest BCUT2D eigenvalue weighted by atomic mass is 32.2. The van der Waals surface area contributed by atoms with Crippen LogP contribution < -0.4 is 5.32 Å². The summed E-state index contributed by atoms with van der Waals surface area (Å²) in [6, 6.07) is 8.87.